The smallest absolute Gasteiger partial charge is 0.237 e. The van der Waals surface area contributed by atoms with Gasteiger partial charge in [-0.15, -0.1) is 0 Å². The maximum atomic E-state index is 11.7. The van der Waals surface area contributed by atoms with Gasteiger partial charge in [0.05, 0.1) is 5.54 Å². The first-order chi connectivity index (χ1) is 9.90. The van der Waals surface area contributed by atoms with Crippen molar-refractivity contribution in [2.75, 3.05) is 13.1 Å². The fraction of sp³-hybridized carbons (Fsp3) is 0.941. The van der Waals surface area contributed by atoms with E-state index in [1.54, 1.807) is 0 Å². The normalized spacial score (nSPS) is 21.8. The average Bonchev–Trinajstić information content (AvgIpc) is 3.27. The van der Waals surface area contributed by atoms with Crippen molar-refractivity contribution >= 4 is 5.91 Å². The zero-order valence-corrected chi connectivity index (χ0v) is 14.0. The molecule has 1 unspecified atom stereocenters. The largest absolute Gasteiger partial charge is 0.368 e. The van der Waals surface area contributed by atoms with Crippen LogP contribution in [-0.2, 0) is 4.79 Å². The molecule has 4 heteroatoms. The maximum Gasteiger partial charge on any atom is 0.237 e. The molecule has 0 radical (unpaired) electrons. The van der Waals surface area contributed by atoms with Gasteiger partial charge in [-0.2, -0.15) is 0 Å². The zero-order valence-electron chi connectivity index (χ0n) is 14.0. The number of hydrogen-bond donors (Lipinski definition) is 2. The van der Waals surface area contributed by atoms with E-state index in [1.165, 1.54) is 32.2 Å². The number of hydrogen-bond acceptors (Lipinski definition) is 3. The minimum Gasteiger partial charge on any atom is -0.368 e. The van der Waals surface area contributed by atoms with Gasteiger partial charge in [0.25, 0.3) is 0 Å². The molecule has 2 aliphatic carbocycles. The van der Waals surface area contributed by atoms with Gasteiger partial charge < -0.3 is 16.0 Å². The van der Waals surface area contributed by atoms with E-state index in [2.05, 4.69) is 24.1 Å². The molecule has 2 rings (SSSR count). The topological polar surface area (TPSA) is 58.4 Å². The molecule has 21 heavy (non-hydrogen) atoms. The Morgan fingerprint density at radius 3 is 2.43 bits per heavy atom. The minimum absolute atomic E-state index is 0.201. The Bertz CT molecular complexity index is 350. The lowest BCUT2D eigenvalue weighted by Crippen LogP contribution is -2.54. The van der Waals surface area contributed by atoms with Crippen LogP contribution in [0.15, 0.2) is 0 Å². The summed E-state index contributed by atoms with van der Waals surface area (Å²) in [4.78, 5) is 14.3. The second kappa shape index (κ2) is 7.10. The Morgan fingerprint density at radius 2 is 1.95 bits per heavy atom. The second-order valence-corrected chi connectivity index (χ2v) is 7.60. The third-order valence-corrected chi connectivity index (χ3v) is 4.94. The lowest BCUT2D eigenvalue weighted by Gasteiger charge is -2.29. The van der Waals surface area contributed by atoms with Crippen LogP contribution in [0.1, 0.15) is 65.7 Å². The van der Waals surface area contributed by atoms with E-state index < -0.39 is 5.54 Å². The molecule has 0 heterocycles. The van der Waals surface area contributed by atoms with Crippen LogP contribution >= 0.6 is 0 Å². The third-order valence-electron chi connectivity index (χ3n) is 4.94. The van der Waals surface area contributed by atoms with Crippen LogP contribution in [0, 0.1) is 5.92 Å². The minimum atomic E-state index is -0.514. The molecule has 0 aromatic carbocycles. The maximum absolute atomic E-state index is 11.7. The van der Waals surface area contributed by atoms with Gasteiger partial charge in [-0.3, -0.25) is 4.79 Å². The van der Waals surface area contributed by atoms with Crippen molar-refractivity contribution in [3.63, 3.8) is 0 Å². The highest BCUT2D eigenvalue weighted by atomic mass is 16.1. The van der Waals surface area contributed by atoms with E-state index >= 15 is 0 Å². The van der Waals surface area contributed by atoms with Gasteiger partial charge in [0, 0.05) is 18.6 Å². The number of carbonyl (C=O) groups excluding carboxylic acids is 1. The first-order valence-electron chi connectivity index (χ1n) is 8.72. The van der Waals surface area contributed by atoms with Crippen molar-refractivity contribution in [2.45, 2.75) is 83.3 Å². The Labute approximate surface area is 129 Å². The quantitative estimate of drug-likeness (QED) is 0.575. The molecule has 2 fully saturated rings. The fourth-order valence-electron chi connectivity index (χ4n) is 2.93. The van der Waals surface area contributed by atoms with Gasteiger partial charge >= 0.3 is 0 Å². The van der Waals surface area contributed by atoms with E-state index in [9.17, 15) is 4.79 Å². The molecule has 0 aliphatic heterocycles. The highest BCUT2D eigenvalue weighted by Gasteiger charge is 2.36. The fourth-order valence-corrected chi connectivity index (χ4v) is 2.93. The Morgan fingerprint density at radius 1 is 1.29 bits per heavy atom. The van der Waals surface area contributed by atoms with Crippen molar-refractivity contribution in [3.8, 4) is 0 Å². The number of carbonyl (C=O) groups is 1. The lowest BCUT2D eigenvalue weighted by molar-refractivity contribution is -0.124. The third kappa shape index (κ3) is 5.59. The van der Waals surface area contributed by atoms with Gasteiger partial charge in [0.1, 0.15) is 0 Å². The van der Waals surface area contributed by atoms with Crippen molar-refractivity contribution in [3.05, 3.63) is 0 Å². The number of amides is 1. The number of nitrogens with zero attached hydrogens (tertiary/aromatic N) is 1. The first kappa shape index (κ1) is 16.8. The van der Waals surface area contributed by atoms with E-state index in [-0.39, 0.29) is 5.91 Å². The molecule has 1 atom stereocenters. The van der Waals surface area contributed by atoms with Crippen LogP contribution in [0.25, 0.3) is 0 Å². The summed E-state index contributed by atoms with van der Waals surface area (Å²) < 4.78 is 0. The highest BCUT2D eigenvalue weighted by molar-refractivity contribution is 5.84. The van der Waals surface area contributed by atoms with Crippen LogP contribution in [0.2, 0.25) is 0 Å². The van der Waals surface area contributed by atoms with Gasteiger partial charge in [-0.1, -0.05) is 0 Å². The molecule has 1 amide bonds. The predicted molar refractivity (Wildman–Crippen MR) is 87.0 cm³/mol. The van der Waals surface area contributed by atoms with E-state index in [1.807, 2.05) is 6.92 Å². The van der Waals surface area contributed by atoms with Crippen molar-refractivity contribution in [1.82, 2.24) is 10.2 Å². The highest BCUT2D eigenvalue weighted by Crippen LogP contribution is 2.30. The molecule has 122 valence electrons. The van der Waals surface area contributed by atoms with Gasteiger partial charge in [-0.05, 0) is 78.2 Å². The van der Waals surface area contributed by atoms with Crippen molar-refractivity contribution in [1.29, 1.82) is 0 Å². The molecule has 0 bridgehead atoms. The van der Waals surface area contributed by atoms with Crippen LogP contribution in [0.5, 0.6) is 0 Å². The summed E-state index contributed by atoms with van der Waals surface area (Å²) in [5.74, 6) is 0.743. The van der Waals surface area contributed by atoms with E-state index in [0.717, 1.165) is 31.7 Å². The molecule has 4 nitrogen and oxygen atoms in total. The zero-order chi connectivity index (χ0) is 15.5. The van der Waals surface area contributed by atoms with Gasteiger partial charge in [0.15, 0.2) is 0 Å². The SMILES string of the molecule is CC(C)N(CCCCC(C)(NC1CC1)C(N)=O)CC1CC1. The molecule has 0 saturated heterocycles. The summed E-state index contributed by atoms with van der Waals surface area (Å²) >= 11 is 0. The first-order valence-corrected chi connectivity index (χ1v) is 8.72. The molecule has 0 aromatic rings. The lowest BCUT2D eigenvalue weighted by atomic mass is 9.93. The summed E-state index contributed by atoms with van der Waals surface area (Å²) in [6.45, 7) is 8.94. The number of unbranched alkanes of at least 4 members (excludes halogenated alkanes) is 1. The van der Waals surface area contributed by atoms with E-state index in [4.69, 9.17) is 5.73 Å². The molecule has 0 aromatic heterocycles. The predicted octanol–water partition coefficient (Wildman–Crippen LogP) is 2.27. The second-order valence-electron chi connectivity index (χ2n) is 7.60. The summed E-state index contributed by atoms with van der Waals surface area (Å²) in [5.41, 5.74) is 5.09. The Hall–Kier alpha value is -0.610. The molecule has 2 saturated carbocycles. The van der Waals surface area contributed by atoms with E-state index in [0.29, 0.717) is 12.1 Å². The summed E-state index contributed by atoms with van der Waals surface area (Å²) in [7, 11) is 0. The number of nitrogens with two attached hydrogens (primary N) is 1. The van der Waals surface area contributed by atoms with Crippen LogP contribution in [0.3, 0.4) is 0 Å². The molecular formula is C17H33N3O. The molecule has 3 N–H and O–H groups in total. The average molecular weight is 295 g/mol. The molecular weight excluding hydrogens is 262 g/mol. The number of primary amides is 1. The Kier molecular flexibility index (Phi) is 5.67. The number of rotatable bonds is 11. The summed E-state index contributed by atoms with van der Waals surface area (Å²) in [5, 5.41) is 3.43. The molecule has 0 spiro atoms. The standard InChI is InChI=1S/C17H33N3O/c1-13(2)20(12-14-6-7-14)11-5-4-10-17(3,16(18)21)19-15-8-9-15/h13-15,19H,4-12H2,1-3H3,(H2,18,21). The number of nitrogens with one attached hydrogen (secondary N) is 1. The Balaban J connectivity index is 1.69. The van der Waals surface area contributed by atoms with Crippen LogP contribution in [-0.4, -0.2) is 41.5 Å². The van der Waals surface area contributed by atoms with Crippen LogP contribution in [0.4, 0.5) is 0 Å². The molecule has 2 aliphatic rings. The summed E-state index contributed by atoms with van der Waals surface area (Å²) in [6.07, 6.45) is 8.26. The monoisotopic (exact) mass is 295 g/mol. The summed E-state index contributed by atoms with van der Waals surface area (Å²) in [6, 6.07) is 1.14. The van der Waals surface area contributed by atoms with Gasteiger partial charge in [-0.25, -0.2) is 0 Å². The van der Waals surface area contributed by atoms with Crippen LogP contribution < -0.4 is 11.1 Å². The van der Waals surface area contributed by atoms with Crippen molar-refractivity contribution < 1.29 is 4.79 Å². The van der Waals surface area contributed by atoms with Gasteiger partial charge in [0.2, 0.25) is 5.91 Å². The van der Waals surface area contributed by atoms with Crippen molar-refractivity contribution in [2.24, 2.45) is 11.7 Å².